The van der Waals surface area contributed by atoms with Crippen LogP contribution in [-0.2, 0) is 10.0 Å². The second-order valence-corrected chi connectivity index (χ2v) is 7.90. The molecule has 0 aromatic rings. The average molecular weight is 276 g/mol. The van der Waals surface area contributed by atoms with Gasteiger partial charge >= 0.3 is 0 Å². The van der Waals surface area contributed by atoms with Crippen LogP contribution in [0.15, 0.2) is 0 Å². The van der Waals surface area contributed by atoms with Gasteiger partial charge in [0.15, 0.2) is 0 Å². The molecule has 1 saturated heterocycles. The molecule has 1 saturated carbocycles. The summed E-state index contributed by atoms with van der Waals surface area (Å²) < 4.78 is 25.9. The lowest BCUT2D eigenvalue weighted by Crippen LogP contribution is -2.37. The Hall–Kier alpha value is -0.170. The number of rotatable bonds is 5. The summed E-state index contributed by atoms with van der Waals surface area (Å²) in [7, 11) is -3.16. The van der Waals surface area contributed by atoms with Crippen molar-refractivity contribution in [2.75, 3.05) is 25.4 Å². The molecule has 2 fully saturated rings. The molecule has 2 aliphatic rings. The van der Waals surface area contributed by atoms with Gasteiger partial charge in [-0.05, 0) is 18.8 Å². The van der Waals surface area contributed by atoms with Gasteiger partial charge in [0.2, 0.25) is 10.0 Å². The Kier molecular flexibility index (Phi) is 4.31. The zero-order chi connectivity index (χ0) is 13.3. The zero-order valence-corrected chi connectivity index (χ0v) is 12.0. The standard InChI is InChI=1S/C12H24N2O3S/c1-9(2)13-5-6-18(16,17)14-7-10-3-4-12(15)11(10)8-14/h9-13,15H,3-8H2,1-2H3. The van der Waals surface area contributed by atoms with E-state index < -0.39 is 10.0 Å². The van der Waals surface area contributed by atoms with Gasteiger partial charge in [0.25, 0.3) is 0 Å². The smallest absolute Gasteiger partial charge is 0.215 e. The first-order valence-electron chi connectivity index (χ1n) is 6.79. The minimum Gasteiger partial charge on any atom is -0.393 e. The number of aliphatic hydroxyl groups excluding tert-OH is 1. The van der Waals surface area contributed by atoms with Crippen LogP contribution in [0.5, 0.6) is 0 Å². The van der Waals surface area contributed by atoms with Crippen molar-refractivity contribution in [2.45, 2.75) is 38.8 Å². The van der Waals surface area contributed by atoms with E-state index >= 15 is 0 Å². The average Bonchev–Trinajstić information content (AvgIpc) is 2.81. The fraction of sp³-hybridized carbons (Fsp3) is 1.00. The molecule has 106 valence electrons. The molecule has 0 amide bonds. The van der Waals surface area contributed by atoms with E-state index in [1.165, 1.54) is 0 Å². The number of hydrogen-bond donors (Lipinski definition) is 2. The van der Waals surface area contributed by atoms with Gasteiger partial charge in [-0.25, -0.2) is 12.7 Å². The lowest BCUT2D eigenvalue weighted by atomic mass is 10.00. The van der Waals surface area contributed by atoms with Gasteiger partial charge in [0.05, 0.1) is 11.9 Å². The van der Waals surface area contributed by atoms with E-state index in [1.54, 1.807) is 4.31 Å². The summed E-state index contributed by atoms with van der Waals surface area (Å²) in [5.74, 6) is 0.687. The summed E-state index contributed by atoms with van der Waals surface area (Å²) >= 11 is 0. The first-order valence-corrected chi connectivity index (χ1v) is 8.40. The summed E-state index contributed by atoms with van der Waals surface area (Å²) in [6.45, 7) is 5.61. The van der Waals surface area contributed by atoms with Gasteiger partial charge in [-0.15, -0.1) is 0 Å². The molecule has 3 atom stereocenters. The second kappa shape index (κ2) is 5.45. The van der Waals surface area contributed by atoms with Crippen LogP contribution < -0.4 is 5.32 Å². The van der Waals surface area contributed by atoms with Crippen LogP contribution in [0.4, 0.5) is 0 Å². The molecule has 0 aromatic carbocycles. The number of hydrogen-bond acceptors (Lipinski definition) is 4. The van der Waals surface area contributed by atoms with Crippen molar-refractivity contribution in [3.63, 3.8) is 0 Å². The Morgan fingerprint density at radius 2 is 2.06 bits per heavy atom. The van der Waals surface area contributed by atoms with Crippen molar-refractivity contribution in [3.05, 3.63) is 0 Å². The summed E-state index contributed by atoms with van der Waals surface area (Å²) in [4.78, 5) is 0. The molecule has 1 aliphatic carbocycles. The van der Waals surface area contributed by atoms with Gasteiger partial charge in [0, 0.05) is 31.6 Å². The normalized spacial score (nSPS) is 33.2. The quantitative estimate of drug-likeness (QED) is 0.742. The van der Waals surface area contributed by atoms with Crippen molar-refractivity contribution < 1.29 is 13.5 Å². The number of fused-ring (bicyclic) bond motifs is 1. The van der Waals surface area contributed by atoms with Crippen molar-refractivity contribution in [1.82, 2.24) is 9.62 Å². The maximum atomic E-state index is 12.2. The van der Waals surface area contributed by atoms with E-state index in [9.17, 15) is 13.5 Å². The van der Waals surface area contributed by atoms with Crippen molar-refractivity contribution in [3.8, 4) is 0 Å². The van der Waals surface area contributed by atoms with Gasteiger partial charge in [-0.1, -0.05) is 13.8 Å². The molecule has 6 heteroatoms. The van der Waals surface area contributed by atoms with E-state index in [1.807, 2.05) is 13.8 Å². The van der Waals surface area contributed by atoms with E-state index in [-0.39, 0.29) is 17.8 Å². The summed E-state index contributed by atoms with van der Waals surface area (Å²) in [5.41, 5.74) is 0. The zero-order valence-electron chi connectivity index (χ0n) is 11.2. The first-order chi connectivity index (χ1) is 8.40. The molecule has 0 aromatic heterocycles. The molecule has 2 N–H and O–H groups in total. The van der Waals surface area contributed by atoms with Crippen molar-refractivity contribution in [2.24, 2.45) is 11.8 Å². The number of aliphatic hydroxyl groups is 1. The maximum Gasteiger partial charge on any atom is 0.215 e. The van der Waals surface area contributed by atoms with Crippen LogP contribution in [0.25, 0.3) is 0 Å². The third-order valence-corrected chi connectivity index (χ3v) is 5.90. The lowest BCUT2D eigenvalue weighted by Gasteiger charge is -2.18. The topological polar surface area (TPSA) is 69.6 Å². The maximum absolute atomic E-state index is 12.2. The van der Waals surface area contributed by atoms with Crippen LogP contribution in [0, 0.1) is 11.8 Å². The second-order valence-electron chi connectivity index (χ2n) is 5.81. The van der Waals surface area contributed by atoms with E-state index in [4.69, 9.17) is 0 Å². The lowest BCUT2D eigenvalue weighted by molar-refractivity contribution is 0.129. The first kappa shape index (κ1) is 14.2. The molecule has 1 heterocycles. The summed E-state index contributed by atoms with van der Waals surface area (Å²) in [6, 6.07) is 0.306. The van der Waals surface area contributed by atoms with E-state index in [0.29, 0.717) is 31.6 Å². The number of nitrogens with one attached hydrogen (secondary N) is 1. The highest BCUT2D eigenvalue weighted by atomic mass is 32.2. The fourth-order valence-corrected chi connectivity index (χ4v) is 4.48. The predicted octanol–water partition coefficient (Wildman–Crippen LogP) is 0.0169. The van der Waals surface area contributed by atoms with Crippen LogP contribution in [0.3, 0.4) is 0 Å². The van der Waals surface area contributed by atoms with Gasteiger partial charge in [-0.2, -0.15) is 0 Å². The molecule has 0 radical (unpaired) electrons. The number of nitrogens with zero attached hydrogens (tertiary/aromatic N) is 1. The summed E-state index contributed by atoms with van der Waals surface area (Å²) in [6.07, 6.45) is 1.49. The SMILES string of the molecule is CC(C)NCCS(=O)(=O)N1CC2CCC(O)C2C1. The molecule has 0 bridgehead atoms. The van der Waals surface area contributed by atoms with Gasteiger partial charge in [0.1, 0.15) is 0 Å². The Morgan fingerprint density at radius 3 is 2.67 bits per heavy atom. The Morgan fingerprint density at radius 1 is 1.33 bits per heavy atom. The van der Waals surface area contributed by atoms with Crippen LogP contribution in [0.1, 0.15) is 26.7 Å². The molecule has 5 nitrogen and oxygen atoms in total. The molecule has 18 heavy (non-hydrogen) atoms. The minimum absolute atomic E-state index is 0.153. The highest BCUT2D eigenvalue weighted by Crippen LogP contribution is 2.38. The molecular formula is C12H24N2O3S. The van der Waals surface area contributed by atoms with Crippen LogP contribution >= 0.6 is 0 Å². The Balaban J connectivity index is 1.88. The fourth-order valence-electron chi connectivity index (χ4n) is 3.03. The largest absolute Gasteiger partial charge is 0.393 e. The van der Waals surface area contributed by atoms with Crippen LogP contribution in [-0.4, -0.2) is 55.4 Å². The summed E-state index contributed by atoms with van der Waals surface area (Å²) in [5, 5.41) is 12.9. The van der Waals surface area contributed by atoms with Gasteiger partial charge < -0.3 is 10.4 Å². The Bertz CT molecular complexity index is 383. The molecule has 0 spiro atoms. The molecule has 1 aliphatic heterocycles. The third-order valence-electron chi connectivity index (χ3n) is 4.09. The van der Waals surface area contributed by atoms with E-state index in [2.05, 4.69) is 5.32 Å². The monoisotopic (exact) mass is 276 g/mol. The van der Waals surface area contributed by atoms with Crippen molar-refractivity contribution >= 4 is 10.0 Å². The highest BCUT2D eigenvalue weighted by Gasteiger charge is 2.45. The van der Waals surface area contributed by atoms with E-state index in [0.717, 1.165) is 12.8 Å². The molecule has 3 unspecified atom stereocenters. The molecular weight excluding hydrogens is 252 g/mol. The van der Waals surface area contributed by atoms with Gasteiger partial charge in [-0.3, -0.25) is 0 Å². The van der Waals surface area contributed by atoms with Crippen LogP contribution in [0.2, 0.25) is 0 Å². The Labute approximate surface area is 110 Å². The minimum atomic E-state index is -3.16. The number of sulfonamides is 1. The highest BCUT2D eigenvalue weighted by molar-refractivity contribution is 7.89. The third kappa shape index (κ3) is 3.04. The predicted molar refractivity (Wildman–Crippen MR) is 70.7 cm³/mol. The van der Waals surface area contributed by atoms with Crippen molar-refractivity contribution in [1.29, 1.82) is 0 Å². The molecule has 2 rings (SSSR count).